The molecule has 2 rings (SSSR count). The van der Waals surface area contributed by atoms with E-state index in [9.17, 15) is 9.18 Å². The van der Waals surface area contributed by atoms with Crippen molar-refractivity contribution < 1.29 is 9.18 Å². The highest BCUT2D eigenvalue weighted by Crippen LogP contribution is 2.09. The molecule has 1 saturated heterocycles. The summed E-state index contributed by atoms with van der Waals surface area (Å²) in [6, 6.07) is 4.74. The van der Waals surface area contributed by atoms with Crippen LogP contribution in [0, 0.1) is 12.7 Å². The Morgan fingerprint density at radius 1 is 1.42 bits per heavy atom. The van der Waals surface area contributed by atoms with Crippen molar-refractivity contribution in [2.24, 2.45) is 0 Å². The molecule has 1 amide bonds. The van der Waals surface area contributed by atoms with Gasteiger partial charge in [0.25, 0.3) is 5.91 Å². The van der Waals surface area contributed by atoms with E-state index < -0.39 is 0 Å². The zero-order valence-corrected chi connectivity index (χ0v) is 11.9. The number of amides is 1. The van der Waals surface area contributed by atoms with E-state index in [1.54, 1.807) is 13.0 Å². The van der Waals surface area contributed by atoms with E-state index in [1.807, 2.05) is 0 Å². The lowest BCUT2D eigenvalue weighted by Gasteiger charge is -2.23. The fraction of sp³-hybridized carbons (Fsp3) is 0.500. The summed E-state index contributed by atoms with van der Waals surface area (Å²) in [5, 5.41) is 6.21. The second-order valence-corrected chi connectivity index (χ2v) is 4.87. The third-order valence-corrected chi connectivity index (χ3v) is 3.23. The molecule has 1 aliphatic rings. The fourth-order valence-electron chi connectivity index (χ4n) is 2.28. The number of carbonyl (C=O) groups excluding carboxylic acids is 1. The number of rotatable bonds is 3. The standard InChI is InChI=1S/C14H19FN2O.ClH/c1-10-6-11(8-12(15)7-10)14(18)17-9-13-4-2-3-5-16-13;/h6-8,13,16H,2-5,9H2,1H3,(H,17,18);1H. The average Bonchev–Trinajstić information content (AvgIpc) is 2.36. The molecule has 0 radical (unpaired) electrons. The van der Waals surface area contributed by atoms with Crippen LogP contribution in [0.3, 0.4) is 0 Å². The third kappa shape index (κ3) is 4.80. The van der Waals surface area contributed by atoms with E-state index in [-0.39, 0.29) is 24.1 Å². The van der Waals surface area contributed by atoms with Crippen molar-refractivity contribution >= 4 is 18.3 Å². The summed E-state index contributed by atoms with van der Waals surface area (Å²) in [4.78, 5) is 11.9. The predicted octanol–water partition coefficient (Wildman–Crippen LogP) is 2.43. The van der Waals surface area contributed by atoms with Crippen molar-refractivity contribution in [2.75, 3.05) is 13.1 Å². The Hall–Kier alpha value is -1.13. The molecule has 2 N–H and O–H groups in total. The molecule has 0 bridgehead atoms. The number of hydrogen-bond donors (Lipinski definition) is 2. The first kappa shape index (κ1) is 15.9. The molecule has 1 heterocycles. The molecule has 19 heavy (non-hydrogen) atoms. The SMILES string of the molecule is Cc1cc(F)cc(C(=O)NCC2CCCCN2)c1.Cl. The molecule has 3 nitrogen and oxygen atoms in total. The van der Waals surface area contributed by atoms with Gasteiger partial charge in [0.1, 0.15) is 5.82 Å². The van der Waals surface area contributed by atoms with Gasteiger partial charge in [0, 0.05) is 18.2 Å². The van der Waals surface area contributed by atoms with Crippen LogP contribution in [0.5, 0.6) is 0 Å². The van der Waals surface area contributed by atoms with Gasteiger partial charge in [0.05, 0.1) is 0 Å². The lowest BCUT2D eigenvalue weighted by Crippen LogP contribution is -2.43. The van der Waals surface area contributed by atoms with E-state index in [0.717, 1.165) is 18.5 Å². The van der Waals surface area contributed by atoms with Crippen LogP contribution in [0.15, 0.2) is 18.2 Å². The van der Waals surface area contributed by atoms with Crippen molar-refractivity contribution in [3.63, 3.8) is 0 Å². The molecular weight excluding hydrogens is 267 g/mol. The van der Waals surface area contributed by atoms with Crippen LogP contribution in [0.2, 0.25) is 0 Å². The second kappa shape index (κ2) is 7.46. The van der Waals surface area contributed by atoms with Gasteiger partial charge in [-0.3, -0.25) is 4.79 Å². The molecule has 1 aromatic rings. The number of carbonyl (C=O) groups is 1. The van der Waals surface area contributed by atoms with Crippen molar-refractivity contribution in [2.45, 2.75) is 32.2 Å². The Balaban J connectivity index is 0.00000180. The molecule has 1 fully saturated rings. The van der Waals surface area contributed by atoms with Gasteiger partial charge in [-0.1, -0.05) is 6.42 Å². The van der Waals surface area contributed by atoms with Crippen molar-refractivity contribution in [3.8, 4) is 0 Å². The number of hydrogen-bond acceptors (Lipinski definition) is 2. The molecular formula is C14H20ClFN2O. The zero-order valence-electron chi connectivity index (χ0n) is 11.0. The molecule has 106 valence electrons. The van der Waals surface area contributed by atoms with Crippen LogP contribution in [0.1, 0.15) is 35.2 Å². The molecule has 1 unspecified atom stereocenters. The largest absolute Gasteiger partial charge is 0.350 e. The minimum absolute atomic E-state index is 0. The van der Waals surface area contributed by atoms with Gasteiger partial charge in [0.15, 0.2) is 0 Å². The third-order valence-electron chi connectivity index (χ3n) is 3.23. The van der Waals surface area contributed by atoms with Crippen LogP contribution in [0.25, 0.3) is 0 Å². The van der Waals surface area contributed by atoms with Crippen LogP contribution in [-0.4, -0.2) is 25.0 Å². The molecule has 1 aromatic carbocycles. The van der Waals surface area contributed by atoms with E-state index >= 15 is 0 Å². The van der Waals surface area contributed by atoms with E-state index in [0.29, 0.717) is 18.2 Å². The highest BCUT2D eigenvalue weighted by atomic mass is 35.5. The van der Waals surface area contributed by atoms with Crippen LogP contribution in [-0.2, 0) is 0 Å². The van der Waals surface area contributed by atoms with Gasteiger partial charge in [-0.05, 0) is 50.1 Å². The smallest absolute Gasteiger partial charge is 0.251 e. The number of nitrogens with one attached hydrogen (secondary N) is 2. The molecule has 0 saturated carbocycles. The summed E-state index contributed by atoms with van der Waals surface area (Å²) in [5.41, 5.74) is 1.15. The molecule has 1 atom stereocenters. The van der Waals surface area contributed by atoms with Crippen molar-refractivity contribution in [3.05, 3.63) is 35.1 Å². The van der Waals surface area contributed by atoms with E-state index in [2.05, 4.69) is 10.6 Å². The molecule has 1 aliphatic heterocycles. The summed E-state index contributed by atoms with van der Waals surface area (Å²) in [7, 11) is 0. The van der Waals surface area contributed by atoms with Gasteiger partial charge in [-0.25, -0.2) is 4.39 Å². The first-order valence-corrected chi connectivity index (χ1v) is 6.44. The normalized spacial score (nSPS) is 18.5. The topological polar surface area (TPSA) is 41.1 Å². The maximum absolute atomic E-state index is 13.2. The Morgan fingerprint density at radius 3 is 2.84 bits per heavy atom. The van der Waals surface area contributed by atoms with E-state index in [1.165, 1.54) is 25.0 Å². The first-order valence-electron chi connectivity index (χ1n) is 6.44. The fourth-order valence-corrected chi connectivity index (χ4v) is 2.28. The summed E-state index contributed by atoms with van der Waals surface area (Å²) in [6.07, 6.45) is 3.49. The van der Waals surface area contributed by atoms with Gasteiger partial charge in [-0.15, -0.1) is 12.4 Å². The zero-order chi connectivity index (χ0) is 13.0. The lowest BCUT2D eigenvalue weighted by molar-refractivity contribution is 0.0947. The highest BCUT2D eigenvalue weighted by Gasteiger charge is 2.14. The molecule has 0 aromatic heterocycles. The summed E-state index contributed by atoms with van der Waals surface area (Å²) in [5.74, 6) is -0.569. The summed E-state index contributed by atoms with van der Waals surface area (Å²) >= 11 is 0. The number of piperidine rings is 1. The van der Waals surface area contributed by atoms with Gasteiger partial charge in [-0.2, -0.15) is 0 Å². The van der Waals surface area contributed by atoms with Gasteiger partial charge < -0.3 is 10.6 Å². The lowest BCUT2D eigenvalue weighted by atomic mass is 10.0. The summed E-state index contributed by atoms with van der Waals surface area (Å²) < 4.78 is 13.2. The van der Waals surface area contributed by atoms with Crippen LogP contribution >= 0.6 is 12.4 Å². The first-order chi connectivity index (χ1) is 8.65. The summed E-state index contributed by atoms with van der Waals surface area (Å²) in [6.45, 7) is 3.40. The average molecular weight is 287 g/mol. The number of aryl methyl sites for hydroxylation is 1. The Kier molecular flexibility index (Phi) is 6.25. The van der Waals surface area contributed by atoms with Crippen molar-refractivity contribution in [1.82, 2.24) is 10.6 Å². The Morgan fingerprint density at radius 2 is 2.21 bits per heavy atom. The maximum atomic E-state index is 13.2. The highest BCUT2D eigenvalue weighted by molar-refractivity contribution is 5.94. The van der Waals surface area contributed by atoms with Gasteiger partial charge in [0.2, 0.25) is 0 Å². The molecule has 0 aliphatic carbocycles. The Labute approximate surface area is 119 Å². The molecule has 0 spiro atoms. The predicted molar refractivity (Wildman–Crippen MR) is 76.4 cm³/mol. The van der Waals surface area contributed by atoms with Crippen molar-refractivity contribution in [1.29, 1.82) is 0 Å². The Bertz CT molecular complexity index is 413. The monoisotopic (exact) mass is 286 g/mol. The van der Waals surface area contributed by atoms with Gasteiger partial charge >= 0.3 is 0 Å². The van der Waals surface area contributed by atoms with E-state index in [4.69, 9.17) is 0 Å². The number of halogens is 2. The maximum Gasteiger partial charge on any atom is 0.251 e. The second-order valence-electron chi connectivity index (χ2n) is 4.87. The van der Waals surface area contributed by atoms with Crippen LogP contribution in [0.4, 0.5) is 4.39 Å². The van der Waals surface area contributed by atoms with Crippen LogP contribution < -0.4 is 10.6 Å². The number of benzene rings is 1. The molecule has 5 heteroatoms. The minimum Gasteiger partial charge on any atom is -0.350 e. The minimum atomic E-state index is -0.365. The quantitative estimate of drug-likeness (QED) is 0.896.